The quantitative estimate of drug-likeness (QED) is 0.423. The van der Waals surface area contributed by atoms with Gasteiger partial charge >= 0.3 is 0 Å². The van der Waals surface area contributed by atoms with E-state index in [-0.39, 0.29) is 26.0 Å². The molecule has 0 saturated carbocycles. The number of carbonyl (C=O) groups excluding carboxylic acids is 1. The summed E-state index contributed by atoms with van der Waals surface area (Å²) in [5, 5.41) is 10.4. The van der Waals surface area contributed by atoms with Crippen LogP contribution >= 0.6 is 22.9 Å². The number of nitrogens with zero attached hydrogens (tertiary/aromatic N) is 2. The molecular formula is C21H23ClN4O4S2. The number of aromatic nitrogens is 2. The van der Waals surface area contributed by atoms with Crippen molar-refractivity contribution in [3.05, 3.63) is 64.7 Å². The summed E-state index contributed by atoms with van der Waals surface area (Å²) in [4.78, 5) is 12.4. The van der Waals surface area contributed by atoms with Crippen LogP contribution in [0.2, 0.25) is 5.02 Å². The van der Waals surface area contributed by atoms with E-state index in [0.717, 1.165) is 16.9 Å². The second-order valence-electron chi connectivity index (χ2n) is 7.38. The molecule has 170 valence electrons. The summed E-state index contributed by atoms with van der Waals surface area (Å²) in [6, 6.07) is 13.3. The van der Waals surface area contributed by atoms with E-state index in [9.17, 15) is 13.2 Å². The van der Waals surface area contributed by atoms with E-state index in [4.69, 9.17) is 16.3 Å². The van der Waals surface area contributed by atoms with Crippen molar-refractivity contribution >= 4 is 44.0 Å². The van der Waals surface area contributed by atoms with Gasteiger partial charge in [-0.15, -0.1) is 10.2 Å². The van der Waals surface area contributed by atoms with Crippen molar-refractivity contribution in [2.24, 2.45) is 5.92 Å². The smallest absolute Gasteiger partial charge is 0.270 e. The molecule has 0 radical (unpaired) electrons. The maximum atomic E-state index is 13.0. The Morgan fingerprint density at radius 2 is 1.81 bits per heavy atom. The number of hydrogen-bond donors (Lipinski definition) is 2. The third-order valence-corrected chi connectivity index (χ3v) is 7.51. The minimum atomic E-state index is -3.97. The van der Waals surface area contributed by atoms with Crippen molar-refractivity contribution in [1.82, 2.24) is 14.9 Å². The molecule has 1 heterocycles. The van der Waals surface area contributed by atoms with Crippen LogP contribution in [0, 0.1) is 5.92 Å². The number of sulfonamides is 1. The molecule has 1 aromatic heterocycles. The van der Waals surface area contributed by atoms with Crippen LogP contribution in [0.15, 0.2) is 52.9 Å². The van der Waals surface area contributed by atoms with Crippen LogP contribution in [0.3, 0.4) is 0 Å². The number of ether oxygens (including phenoxy) is 1. The van der Waals surface area contributed by atoms with E-state index >= 15 is 0 Å². The van der Waals surface area contributed by atoms with Crippen molar-refractivity contribution in [3.63, 3.8) is 0 Å². The largest absolute Gasteiger partial charge is 0.497 e. The number of hydrogen-bond acceptors (Lipinski definition) is 7. The monoisotopic (exact) mass is 494 g/mol. The normalized spacial score (nSPS) is 12.5. The molecule has 11 heteroatoms. The Morgan fingerprint density at radius 3 is 2.44 bits per heavy atom. The van der Waals surface area contributed by atoms with Gasteiger partial charge in [0.15, 0.2) is 0 Å². The summed E-state index contributed by atoms with van der Waals surface area (Å²) in [6.07, 6.45) is 0.584. The Hall–Kier alpha value is -2.53. The molecule has 0 unspecified atom stereocenters. The summed E-state index contributed by atoms with van der Waals surface area (Å²) in [7, 11) is -2.40. The molecule has 0 spiro atoms. The van der Waals surface area contributed by atoms with Gasteiger partial charge in [0.25, 0.3) is 15.9 Å². The van der Waals surface area contributed by atoms with Gasteiger partial charge in [0.05, 0.1) is 17.7 Å². The minimum absolute atomic E-state index is 0.0557. The lowest BCUT2D eigenvalue weighted by Crippen LogP contribution is -2.29. The number of benzene rings is 2. The van der Waals surface area contributed by atoms with E-state index < -0.39 is 22.0 Å². The van der Waals surface area contributed by atoms with E-state index in [1.54, 1.807) is 43.5 Å². The molecule has 2 N–H and O–H groups in total. The minimum Gasteiger partial charge on any atom is -0.497 e. The summed E-state index contributed by atoms with van der Waals surface area (Å²) in [5.74, 6) is 0.423. The summed E-state index contributed by atoms with van der Waals surface area (Å²) >= 11 is 6.80. The van der Waals surface area contributed by atoms with Crippen molar-refractivity contribution in [2.45, 2.75) is 30.6 Å². The van der Waals surface area contributed by atoms with E-state index in [0.29, 0.717) is 12.2 Å². The Bertz CT molecular complexity index is 1180. The van der Waals surface area contributed by atoms with Crippen LogP contribution in [-0.4, -0.2) is 31.6 Å². The van der Waals surface area contributed by atoms with Crippen LogP contribution in [0.4, 0.5) is 5.13 Å². The predicted octanol–water partition coefficient (Wildman–Crippen LogP) is 4.52. The first-order valence-electron chi connectivity index (χ1n) is 9.75. The molecule has 3 aromatic rings. The molecule has 1 atom stereocenters. The Kier molecular flexibility index (Phi) is 7.83. The van der Waals surface area contributed by atoms with Gasteiger partial charge in [0.2, 0.25) is 9.47 Å². The lowest BCUT2D eigenvalue weighted by molar-refractivity contribution is 0.102. The van der Waals surface area contributed by atoms with E-state index in [2.05, 4.69) is 20.2 Å². The molecular weight excluding hydrogens is 472 g/mol. The van der Waals surface area contributed by atoms with Crippen LogP contribution < -0.4 is 14.8 Å². The SMILES string of the molecule is COc1ccc([C@H](CC(C)C)NS(=O)(=O)c2nnc(NC(=O)c3ccccc3Cl)s2)cc1. The molecule has 0 aliphatic rings. The first-order chi connectivity index (χ1) is 15.2. The van der Waals surface area contributed by atoms with Gasteiger partial charge in [-0.2, -0.15) is 0 Å². The molecule has 1 amide bonds. The van der Waals surface area contributed by atoms with Gasteiger partial charge in [-0.1, -0.05) is 61.1 Å². The summed E-state index contributed by atoms with van der Waals surface area (Å²) in [6.45, 7) is 4.02. The fraction of sp³-hybridized carbons (Fsp3) is 0.286. The van der Waals surface area contributed by atoms with E-state index in [1.807, 2.05) is 26.0 Å². The fourth-order valence-corrected chi connectivity index (χ4v) is 5.35. The van der Waals surface area contributed by atoms with Gasteiger partial charge in [0.1, 0.15) is 5.75 Å². The molecule has 0 aliphatic heterocycles. The van der Waals surface area contributed by atoms with Gasteiger partial charge in [0, 0.05) is 6.04 Å². The number of rotatable bonds is 9. The predicted molar refractivity (Wildman–Crippen MR) is 125 cm³/mol. The average Bonchev–Trinajstić information content (AvgIpc) is 3.22. The lowest BCUT2D eigenvalue weighted by atomic mass is 9.98. The first-order valence-corrected chi connectivity index (χ1v) is 12.4. The average molecular weight is 495 g/mol. The van der Waals surface area contributed by atoms with E-state index in [1.165, 1.54) is 0 Å². The van der Waals surface area contributed by atoms with Crippen LogP contribution in [0.25, 0.3) is 0 Å². The van der Waals surface area contributed by atoms with Gasteiger partial charge < -0.3 is 4.74 Å². The van der Waals surface area contributed by atoms with Crippen molar-refractivity contribution < 1.29 is 17.9 Å². The number of nitrogens with one attached hydrogen (secondary N) is 2. The number of methoxy groups -OCH3 is 1. The number of carbonyl (C=O) groups is 1. The molecule has 3 rings (SSSR count). The Morgan fingerprint density at radius 1 is 1.12 bits per heavy atom. The zero-order valence-electron chi connectivity index (χ0n) is 17.7. The molecule has 0 aliphatic carbocycles. The molecule has 2 aromatic carbocycles. The number of halogens is 1. The van der Waals surface area contributed by atoms with Crippen LogP contribution in [0.1, 0.15) is 42.2 Å². The molecule has 0 bridgehead atoms. The summed E-state index contributed by atoms with van der Waals surface area (Å²) in [5.41, 5.74) is 1.06. The zero-order chi connectivity index (χ0) is 23.3. The zero-order valence-corrected chi connectivity index (χ0v) is 20.1. The van der Waals surface area contributed by atoms with Gasteiger partial charge in [-0.3, -0.25) is 10.1 Å². The van der Waals surface area contributed by atoms with Crippen molar-refractivity contribution in [2.75, 3.05) is 12.4 Å². The maximum absolute atomic E-state index is 13.0. The Labute approximate surface area is 196 Å². The molecule has 0 saturated heterocycles. The van der Waals surface area contributed by atoms with Crippen molar-refractivity contribution in [3.8, 4) is 5.75 Å². The Balaban J connectivity index is 1.78. The van der Waals surface area contributed by atoms with Crippen molar-refractivity contribution in [1.29, 1.82) is 0 Å². The molecule has 0 fully saturated rings. The van der Waals surface area contributed by atoms with Crippen LogP contribution in [0.5, 0.6) is 5.75 Å². The number of amides is 1. The lowest BCUT2D eigenvalue weighted by Gasteiger charge is -2.20. The standard InChI is InChI=1S/C21H23ClN4O4S2/c1-13(2)12-18(14-8-10-15(30-3)11-9-14)26-32(28,29)21-25-24-20(31-21)23-19(27)16-6-4-5-7-17(16)22/h4-11,13,18,26H,12H2,1-3H3,(H,23,24,27)/t18-/m0/s1. The van der Waals surface area contributed by atoms with Gasteiger partial charge in [-0.25, -0.2) is 13.1 Å². The third kappa shape index (κ3) is 6.04. The second-order valence-corrected chi connectivity index (χ2v) is 10.7. The highest BCUT2D eigenvalue weighted by molar-refractivity contribution is 7.91. The molecule has 32 heavy (non-hydrogen) atoms. The highest BCUT2D eigenvalue weighted by Gasteiger charge is 2.26. The highest BCUT2D eigenvalue weighted by Crippen LogP contribution is 2.28. The number of anilines is 1. The summed E-state index contributed by atoms with van der Waals surface area (Å²) < 4.78 is 33.6. The third-order valence-electron chi connectivity index (χ3n) is 4.50. The molecule has 8 nitrogen and oxygen atoms in total. The second kappa shape index (κ2) is 10.4. The van der Waals surface area contributed by atoms with Crippen LogP contribution in [-0.2, 0) is 10.0 Å². The first kappa shape index (κ1) is 24.1. The topological polar surface area (TPSA) is 110 Å². The maximum Gasteiger partial charge on any atom is 0.270 e. The van der Waals surface area contributed by atoms with Gasteiger partial charge in [-0.05, 0) is 42.2 Å². The highest BCUT2D eigenvalue weighted by atomic mass is 35.5. The fourth-order valence-electron chi connectivity index (χ4n) is 2.98.